The zero-order chi connectivity index (χ0) is 15.0. The summed E-state index contributed by atoms with van der Waals surface area (Å²) in [6.45, 7) is 0. The van der Waals surface area contributed by atoms with Crippen LogP contribution in [0.5, 0.6) is 0 Å². The molecule has 0 saturated heterocycles. The van der Waals surface area contributed by atoms with Crippen LogP contribution in [0.3, 0.4) is 0 Å². The van der Waals surface area contributed by atoms with Crippen molar-refractivity contribution in [3.63, 3.8) is 0 Å². The second-order valence-electron chi connectivity index (χ2n) is 4.44. The summed E-state index contributed by atoms with van der Waals surface area (Å²) in [5, 5.41) is 23.2. The predicted octanol–water partition coefficient (Wildman–Crippen LogP) is 4.17. The van der Waals surface area contributed by atoms with Gasteiger partial charge in [-0.15, -0.1) is 11.3 Å². The van der Waals surface area contributed by atoms with E-state index in [9.17, 15) is 14.9 Å². The lowest BCUT2D eigenvalue weighted by atomic mass is 10.0. The first-order valence-electron chi connectivity index (χ1n) is 6.06. The highest BCUT2D eigenvalue weighted by molar-refractivity contribution is 7.17. The van der Waals surface area contributed by atoms with Crippen molar-refractivity contribution < 1.29 is 14.8 Å². The van der Waals surface area contributed by atoms with Crippen LogP contribution < -0.4 is 0 Å². The van der Waals surface area contributed by atoms with Crippen LogP contribution in [0.25, 0.3) is 21.2 Å². The monoisotopic (exact) mass is 299 g/mol. The number of fused-ring (bicyclic) bond motifs is 1. The molecule has 3 aromatic rings. The van der Waals surface area contributed by atoms with Gasteiger partial charge in [-0.2, -0.15) is 0 Å². The molecular formula is C15H9NO4S. The Morgan fingerprint density at radius 1 is 1.14 bits per heavy atom. The first-order chi connectivity index (χ1) is 10.1. The van der Waals surface area contributed by atoms with Crippen molar-refractivity contribution in [1.82, 2.24) is 0 Å². The third kappa shape index (κ3) is 2.25. The normalized spacial score (nSPS) is 10.7. The summed E-state index contributed by atoms with van der Waals surface area (Å²) in [6.07, 6.45) is 0. The van der Waals surface area contributed by atoms with Crippen molar-refractivity contribution in [2.24, 2.45) is 0 Å². The second-order valence-corrected chi connectivity index (χ2v) is 5.35. The molecule has 21 heavy (non-hydrogen) atoms. The number of aromatic carboxylic acids is 1. The molecule has 104 valence electrons. The van der Waals surface area contributed by atoms with Crippen LogP contribution in [0, 0.1) is 10.1 Å². The Hall–Kier alpha value is -2.73. The van der Waals surface area contributed by atoms with Crippen LogP contribution in [0.15, 0.2) is 47.8 Å². The molecular weight excluding hydrogens is 290 g/mol. The van der Waals surface area contributed by atoms with Gasteiger partial charge in [0.2, 0.25) is 0 Å². The molecule has 5 nitrogen and oxygen atoms in total. The Bertz CT molecular complexity index is 869. The summed E-state index contributed by atoms with van der Waals surface area (Å²) >= 11 is 1.50. The van der Waals surface area contributed by atoms with Crippen LogP contribution in [0.4, 0.5) is 5.69 Å². The molecule has 0 radical (unpaired) electrons. The summed E-state index contributed by atoms with van der Waals surface area (Å²) in [6, 6.07) is 11.5. The molecule has 0 atom stereocenters. The third-order valence-corrected chi connectivity index (χ3v) is 4.17. The van der Waals surface area contributed by atoms with Gasteiger partial charge in [0.15, 0.2) is 0 Å². The Morgan fingerprint density at radius 2 is 1.95 bits per heavy atom. The van der Waals surface area contributed by atoms with Gasteiger partial charge in [-0.05, 0) is 29.0 Å². The van der Waals surface area contributed by atoms with E-state index in [-0.39, 0.29) is 11.3 Å². The second kappa shape index (κ2) is 4.99. The number of rotatable bonds is 3. The molecule has 1 aromatic heterocycles. The molecule has 0 aliphatic carbocycles. The maximum Gasteiger partial charge on any atom is 0.335 e. The molecule has 0 aliphatic heterocycles. The SMILES string of the molecule is O=C(O)c1ccc(-c2cccc3ccsc23)c([N+](=O)[O-])c1. The van der Waals surface area contributed by atoms with E-state index in [1.807, 2.05) is 29.6 Å². The minimum atomic E-state index is -1.18. The van der Waals surface area contributed by atoms with Gasteiger partial charge in [-0.25, -0.2) is 4.79 Å². The van der Waals surface area contributed by atoms with Gasteiger partial charge in [0.1, 0.15) is 0 Å². The van der Waals surface area contributed by atoms with E-state index in [2.05, 4.69) is 0 Å². The van der Waals surface area contributed by atoms with Gasteiger partial charge >= 0.3 is 5.97 Å². The molecule has 0 unspecified atom stereocenters. The van der Waals surface area contributed by atoms with Gasteiger partial charge in [0.25, 0.3) is 5.69 Å². The lowest BCUT2D eigenvalue weighted by molar-refractivity contribution is -0.384. The van der Waals surface area contributed by atoms with Crippen molar-refractivity contribution in [3.8, 4) is 11.1 Å². The summed E-state index contributed by atoms with van der Waals surface area (Å²) in [7, 11) is 0. The standard InChI is InChI=1S/C15H9NO4S/c17-15(18)10-4-5-11(13(8-10)16(19)20)12-3-1-2-9-6-7-21-14(9)12/h1-8H,(H,17,18). The van der Waals surface area contributed by atoms with E-state index in [0.29, 0.717) is 5.56 Å². The highest BCUT2D eigenvalue weighted by atomic mass is 32.1. The number of nitrogens with zero attached hydrogens (tertiary/aromatic N) is 1. The number of nitro benzene ring substituents is 1. The molecule has 6 heteroatoms. The number of carbonyl (C=O) groups is 1. The molecule has 0 saturated carbocycles. The highest BCUT2D eigenvalue weighted by Crippen LogP contribution is 2.37. The topological polar surface area (TPSA) is 80.4 Å². The van der Waals surface area contributed by atoms with Crippen LogP contribution in [0.1, 0.15) is 10.4 Å². The quantitative estimate of drug-likeness (QED) is 0.581. The Kier molecular flexibility index (Phi) is 3.15. The minimum Gasteiger partial charge on any atom is -0.478 e. The fraction of sp³-hybridized carbons (Fsp3) is 0. The van der Waals surface area contributed by atoms with E-state index in [1.165, 1.54) is 23.5 Å². The fourth-order valence-corrected chi connectivity index (χ4v) is 3.18. The van der Waals surface area contributed by atoms with Gasteiger partial charge in [-0.3, -0.25) is 10.1 Å². The van der Waals surface area contributed by atoms with Crippen molar-refractivity contribution in [3.05, 3.63) is 63.5 Å². The van der Waals surface area contributed by atoms with Crippen molar-refractivity contribution >= 4 is 33.1 Å². The molecule has 0 aliphatic rings. The predicted molar refractivity (Wildman–Crippen MR) is 80.9 cm³/mol. The number of hydrogen-bond donors (Lipinski definition) is 1. The summed E-state index contributed by atoms with van der Waals surface area (Å²) in [5.74, 6) is -1.18. The number of carboxylic acids is 1. The zero-order valence-corrected chi connectivity index (χ0v) is 11.5. The highest BCUT2D eigenvalue weighted by Gasteiger charge is 2.20. The molecule has 0 bridgehead atoms. The maximum absolute atomic E-state index is 11.3. The average molecular weight is 299 g/mol. The number of carboxylic acid groups (broad SMARTS) is 1. The Morgan fingerprint density at radius 3 is 2.67 bits per heavy atom. The Balaban J connectivity index is 2.29. The molecule has 1 N–H and O–H groups in total. The van der Waals surface area contributed by atoms with Crippen molar-refractivity contribution in [1.29, 1.82) is 0 Å². The van der Waals surface area contributed by atoms with Gasteiger partial charge in [-0.1, -0.05) is 18.2 Å². The first-order valence-corrected chi connectivity index (χ1v) is 6.94. The summed E-state index contributed by atoms with van der Waals surface area (Å²) < 4.78 is 0.948. The lowest BCUT2D eigenvalue weighted by Gasteiger charge is -2.06. The van der Waals surface area contributed by atoms with Gasteiger partial charge in [0.05, 0.1) is 16.1 Å². The lowest BCUT2D eigenvalue weighted by Crippen LogP contribution is -1.99. The van der Waals surface area contributed by atoms with Crippen molar-refractivity contribution in [2.45, 2.75) is 0 Å². The average Bonchev–Trinajstić information content (AvgIpc) is 2.94. The minimum absolute atomic E-state index is 0.0937. The number of hydrogen-bond acceptors (Lipinski definition) is 4. The van der Waals surface area contributed by atoms with Gasteiger partial charge in [0, 0.05) is 16.3 Å². The number of benzene rings is 2. The summed E-state index contributed by atoms with van der Waals surface area (Å²) in [5.41, 5.74) is 0.879. The van der Waals surface area contributed by atoms with E-state index in [4.69, 9.17) is 5.11 Å². The number of thiophene rings is 1. The molecule has 0 spiro atoms. The summed E-state index contributed by atoms with van der Waals surface area (Å²) in [4.78, 5) is 21.7. The molecule has 3 rings (SSSR count). The smallest absolute Gasteiger partial charge is 0.335 e. The van der Waals surface area contributed by atoms with Crippen molar-refractivity contribution in [2.75, 3.05) is 0 Å². The van der Waals surface area contributed by atoms with Crippen LogP contribution in [-0.4, -0.2) is 16.0 Å². The van der Waals surface area contributed by atoms with Gasteiger partial charge < -0.3 is 5.11 Å². The van der Waals surface area contributed by atoms with Crippen LogP contribution >= 0.6 is 11.3 Å². The molecule has 1 heterocycles. The fourth-order valence-electron chi connectivity index (χ4n) is 2.25. The largest absolute Gasteiger partial charge is 0.478 e. The Labute approximate surface area is 123 Å². The van der Waals surface area contributed by atoms with E-state index >= 15 is 0 Å². The third-order valence-electron chi connectivity index (χ3n) is 3.21. The number of nitro groups is 1. The molecule has 2 aromatic carbocycles. The zero-order valence-electron chi connectivity index (χ0n) is 10.6. The maximum atomic E-state index is 11.3. The first kappa shape index (κ1) is 13.3. The van der Waals surface area contributed by atoms with E-state index in [0.717, 1.165) is 21.7 Å². The van der Waals surface area contributed by atoms with Crippen LogP contribution in [0.2, 0.25) is 0 Å². The van der Waals surface area contributed by atoms with E-state index in [1.54, 1.807) is 0 Å². The molecule has 0 amide bonds. The molecule has 0 fully saturated rings. The van der Waals surface area contributed by atoms with E-state index < -0.39 is 10.9 Å². The van der Waals surface area contributed by atoms with Crippen LogP contribution in [-0.2, 0) is 0 Å².